The van der Waals surface area contributed by atoms with Crippen molar-refractivity contribution in [1.29, 1.82) is 0 Å². The SMILES string of the molecule is COc1ccc(NC=O)cc1C(=O)N[C@H](C)CCCCN. The normalized spacial score (nSPS) is 11.6. The average Bonchev–Trinajstić information content (AvgIpc) is 2.47. The number of nitrogens with one attached hydrogen (secondary N) is 2. The Morgan fingerprint density at radius 2 is 2.19 bits per heavy atom. The molecule has 1 atom stereocenters. The van der Waals surface area contributed by atoms with Crippen LogP contribution in [0.3, 0.4) is 0 Å². The van der Waals surface area contributed by atoms with E-state index in [-0.39, 0.29) is 11.9 Å². The lowest BCUT2D eigenvalue weighted by molar-refractivity contribution is -0.105. The van der Waals surface area contributed by atoms with Crippen molar-refractivity contribution in [3.8, 4) is 5.75 Å². The first-order chi connectivity index (χ1) is 10.1. The number of benzene rings is 1. The Morgan fingerprint density at radius 1 is 1.43 bits per heavy atom. The number of nitrogens with two attached hydrogens (primary N) is 1. The van der Waals surface area contributed by atoms with Crippen molar-refractivity contribution in [2.24, 2.45) is 5.73 Å². The molecule has 0 saturated carbocycles. The highest BCUT2D eigenvalue weighted by molar-refractivity contribution is 5.98. The van der Waals surface area contributed by atoms with Crippen molar-refractivity contribution >= 4 is 18.0 Å². The number of hydrogen-bond donors (Lipinski definition) is 3. The van der Waals surface area contributed by atoms with Gasteiger partial charge in [-0.1, -0.05) is 6.42 Å². The van der Waals surface area contributed by atoms with Crippen molar-refractivity contribution in [2.75, 3.05) is 19.0 Å². The zero-order valence-electron chi connectivity index (χ0n) is 12.5. The molecule has 1 aromatic carbocycles. The molecule has 0 aliphatic carbocycles. The first-order valence-electron chi connectivity index (χ1n) is 7.01. The molecule has 0 unspecified atom stereocenters. The number of methoxy groups -OCH3 is 1. The van der Waals surface area contributed by atoms with E-state index in [4.69, 9.17) is 10.5 Å². The summed E-state index contributed by atoms with van der Waals surface area (Å²) in [6.07, 6.45) is 3.36. The second-order valence-corrected chi connectivity index (χ2v) is 4.84. The molecule has 0 saturated heterocycles. The molecule has 116 valence electrons. The predicted octanol–water partition coefficient (Wildman–Crippen LogP) is 1.51. The summed E-state index contributed by atoms with van der Waals surface area (Å²) in [6, 6.07) is 4.97. The summed E-state index contributed by atoms with van der Waals surface area (Å²) >= 11 is 0. The maximum absolute atomic E-state index is 12.3. The molecule has 0 fully saturated rings. The molecule has 21 heavy (non-hydrogen) atoms. The number of ether oxygens (including phenoxy) is 1. The number of hydrogen-bond acceptors (Lipinski definition) is 4. The van der Waals surface area contributed by atoms with Crippen molar-refractivity contribution in [3.63, 3.8) is 0 Å². The minimum absolute atomic E-state index is 0.0523. The van der Waals surface area contributed by atoms with Gasteiger partial charge < -0.3 is 21.1 Å². The predicted molar refractivity (Wildman–Crippen MR) is 82.5 cm³/mol. The number of anilines is 1. The summed E-state index contributed by atoms with van der Waals surface area (Å²) in [6.45, 7) is 2.61. The highest BCUT2D eigenvalue weighted by Crippen LogP contribution is 2.22. The van der Waals surface area contributed by atoms with Gasteiger partial charge in [0, 0.05) is 11.7 Å². The third kappa shape index (κ3) is 5.43. The summed E-state index contributed by atoms with van der Waals surface area (Å²) in [5.74, 6) is 0.250. The molecule has 1 aromatic rings. The van der Waals surface area contributed by atoms with Gasteiger partial charge in [-0.2, -0.15) is 0 Å². The summed E-state index contributed by atoms with van der Waals surface area (Å²) in [5.41, 5.74) is 6.40. The van der Waals surface area contributed by atoms with E-state index in [9.17, 15) is 9.59 Å². The van der Waals surface area contributed by atoms with Crippen LogP contribution in [0.5, 0.6) is 5.75 Å². The number of unbranched alkanes of at least 4 members (excludes halogenated alkanes) is 1. The molecule has 6 heteroatoms. The van der Waals surface area contributed by atoms with E-state index < -0.39 is 0 Å². The lowest BCUT2D eigenvalue weighted by atomic mass is 10.1. The molecule has 0 aliphatic heterocycles. The van der Waals surface area contributed by atoms with Crippen LogP contribution >= 0.6 is 0 Å². The van der Waals surface area contributed by atoms with Gasteiger partial charge in [0.15, 0.2) is 0 Å². The van der Waals surface area contributed by atoms with Crippen molar-refractivity contribution in [1.82, 2.24) is 5.32 Å². The van der Waals surface area contributed by atoms with E-state index in [0.29, 0.717) is 30.0 Å². The van der Waals surface area contributed by atoms with Gasteiger partial charge >= 0.3 is 0 Å². The fourth-order valence-electron chi connectivity index (χ4n) is 2.01. The molecular weight excluding hydrogens is 270 g/mol. The van der Waals surface area contributed by atoms with Gasteiger partial charge in [-0.25, -0.2) is 0 Å². The lowest BCUT2D eigenvalue weighted by Gasteiger charge is -2.15. The molecule has 0 heterocycles. The van der Waals surface area contributed by atoms with E-state index >= 15 is 0 Å². The van der Waals surface area contributed by atoms with Crippen molar-refractivity contribution in [2.45, 2.75) is 32.2 Å². The number of amides is 2. The van der Waals surface area contributed by atoms with Gasteiger partial charge in [-0.3, -0.25) is 9.59 Å². The van der Waals surface area contributed by atoms with Crippen molar-refractivity contribution < 1.29 is 14.3 Å². The first kappa shape index (κ1) is 17.0. The van der Waals surface area contributed by atoms with Crippen LogP contribution in [0.25, 0.3) is 0 Å². The summed E-state index contributed by atoms with van der Waals surface area (Å²) in [4.78, 5) is 22.8. The van der Waals surface area contributed by atoms with Gasteiger partial charge in [-0.05, 0) is 44.5 Å². The van der Waals surface area contributed by atoms with Crippen LogP contribution in [0.15, 0.2) is 18.2 Å². The molecule has 0 spiro atoms. The zero-order chi connectivity index (χ0) is 15.7. The van der Waals surface area contributed by atoms with Crippen LogP contribution in [0, 0.1) is 0 Å². The van der Waals surface area contributed by atoms with E-state index in [1.807, 2.05) is 6.92 Å². The molecule has 6 nitrogen and oxygen atoms in total. The maximum Gasteiger partial charge on any atom is 0.255 e. The van der Waals surface area contributed by atoms with Crippen LogP contribution in [-0.2, 0) is 4.79 Å². The molecule has 0 radical (unpaired) electrons. The van der Waals surface area contributed by atoms with Gasteiger partial charge in [0.05, 0.1) is 12.7 Å². The van der Waals surface area contributed by atoms with Gasteiger partial charge in [0.1, 0.15) is 5.75 Å². The highest BCUT2D eigenvalue weighted by Gasteiger charge is 2.15. The Balaban J connectivity index is 2.75. The first-order valence-corrected chi connectivity index (χ1v) is 7.01. The monoisotopic (exact) mass is 293 g/mol. The number of rotatable bonds is 9. The van der Waals surface area contributed by atoms with Crippen molar-refractivity contribution in [3.05, 3.63) is 23.8 Å². The molecular formula is C15H23N3O3. The fourth-order valence-corrected chi connectivity index (χ4v) is 2.01. The number of carbonyl (C=O) groups excluding carboxylic acids is 2. The Bertz CT molecular complexity index is 477. The van der Waals surface area contributed by atoms with Crippen LogP contribution in [0.1, 0.15) is 36.5 Å². The fraction of sp³-hybridized carbons (Fsp3) is 0.467. The largest absolute Gasteiger partial charge is 0.496 e. The van der Waals surface area contributed by atoms with E-state index in [1.54, 1.807) is 18.2 Å². The molecule has 0 bridgehead atoms. The molecule has 2 amide bonds. The third-order valence-electron chi connectivity index (χ3n) is 3.14. The zero-order valence-corrected chi connectivity index (χ0v) is 12.5. The van der Waals surface area contributed by atoms with E-state index in [2.05, 4.69) is 10.6 Å². The quantitative estimate of drug-likeness (QED) is 0.475. The Hall–Kier alpha value is -2.08. The summed E-state index contributed by atoms with van der Waals surface area (Å²) in [7, 11) is 1.50. The lowest BCUT2D eigenvalue weighted by Crippen LogP contribution is -2.32. The average molecular weight is 293 g/mol. The van der Waals surface area contributed by atoms with Gasteiger partial charge in [0.2, 0.25) is 6.41 Å². The van der Waals surface area contributed by atoms with Crippen LogP contribution < -0.4 is 21.1 Å². The standard InChI is InChI=1S/C15H23N3O3/c1-11(5-3-4-8-16)18-15(20)13-9-12(17-10-19)6-7-14(13)21-2/h6-7,9-11H,3-5,8,16H2,1-2H3,(H,17,19)(H,18,20)/t11-/m1/s1. The van der Waals surface area contributed by atoms with Crippen LogP contribution in [-0.4, -0.2) is 32.0 Å². The molecule has 4 N–H and O–H groups in total. The van der Waals surface area contributed by atoms with Crippen LogP contribution in [0.2, 0.25) is 0 Å². The maximum atomic E-state index is 12.3. The van der Waals surface area contributed by atoms with Gasteiger partial charge in [0.25, 0.3) is 5.91 Å². The van der Waals surface area contributed by atoms with E-state index in [0.717, 1.165) is 19.3 Å². The minimum Gasteiger partial charge on any atom is -0.496 e. The highest BCUT2D eigenvalue weighted by atomic mass is 16.5. The minimum atomic E-state index is -0.221. The van der Waals surface area contributed by atoms with Crippen LogP contribution in [0.4, 0.5) is 5.69 Å². The van der Waals surface area contributed by atoms with E-state index in [1.165, 1.54) is 7.11 Å². The number of carbonyl (C=O) groups is 2. The molecule has 1 rings (SSSR count). The molecule has 0 aromatic heterocycles. The summed E-state index contributed by atoms with van der Waals surface area (Å²) in [5, 5.41) is 5.44. The second kappa shape index (κ2) is 8.97. The van der Waals surface area contributed by atoms with Gasteiger partial charge in [-0.15, -0.1) is 0 Å². The topological polar surface area (TPSA) is 93.4 Å². The Morgan fingerprint density at radius 3 is 2.81 bits per heavy atom. The Kier molecular flexibility index (Phi) is 7.25. The molecule has 0 aliphatic rings. The summed E-state index contributed by atoms with van der Waals surface area (Å²) < 4.78 is 5.19. The second-order valence-electron chi connectivity index (χ2n) is 4.84. The Labute approximate surface area is 125 Å². The third-order valence-corrected chi connectivity index (χ3v) is 3.14. The smallest absolute Gasteiger partial charge is 0.255 e.